The maximum absolute atomic E-state index is 12.6. The van der Waals surface area contributed by atoms with Gasteiger partial charge in [-0.1, -0.05) is 48.5 Å². The van der Waals surface area contributed by atoms with Gasteiger partial charge >= 0.3 is 0 Å². The molecular weight excluding hydrogens is 464 g/mol. The molecule has 0 fully saturated rings. The molecule has 3 heterocycles. The second kappa shape index (κ2) is 9.50. The lowest BCUT2D eigenvalue weighted by atomic mass is 10.1. The van der Waals surface area contributed by atoms with Gasteiger partial charge in [0.05, 0.1) is 30.4 Å². The minimum absolute atomic E-state index is 0.268. The summed E-state index contributed by atoms with van der Waals surface area (Å²) in [6.45, 7) is 0.419. The summed E-state index contributed by atoms with van der Waals surface area (Å²) < 4.78 is 5.29. The molecule has 0 atom stereocenters. The molecule has 1 N–H and O–H groups in total. The van der Waals surface area contributed by atoms with E-state index in [0.29, 0.717) is 23.4 Å². The van der Waals surface area contributed by atoms with E-state index in [1.165, 1.54) is 4.80 Å². The van der Waals surface area contributed by atoms with Crippen LogP contribution in [0.5, 0.6) is 5.75 Å². The number of aromatic amines is 1. The van der Waals surface area contributed by atoms with E-state index in [9.17, 15) is 4.79 Å². The number of fused-ring (bicyclic) bond motifs is 2. The number of nitrogens with zero attached hydrogens (tertiary/aromatic N) is 5. The van der Waals surface area contributed by atoms with Crippen LogP contribution in [0.4, 0.5) is 0 Å². The third kappa shape index (κ3) is 4.72. The number of methoxy groups -OCH3 is 1. The van der Waals surface area contributed by atoms with Crippen LogP contribution in [0, 0.1) is 0 Å². The number of tetrazole rings is 1. The largest absolute Gasteiger partial charge is 0.497 e. The molecule has 3 aromatic heterocycles. The van der Waals surface area contributed by atoms with Crippen molar-refractivity contribution in [1.29, 1.82) is 0 Å². The normalized spacial score (nSPS) is 11.5. The monoisotopic (exact) mass is 486 g/mol. The third-order valence-electron chi connectivity index (χ3n) is 6.09. The molecule has 0 amide bonds. The molecule has 0 bridgehead atoms. The second-order valence-corrected chi connectivity index (χ2v) is 8.62. The molecule has 0 aliphatic rings. The minimum atomic E-state index is -0.272. The van der Waals surface area contributed by atoms with Crippen LogP contribution >= 0.6 is 0 Å². The summed E-state index contributed by atoms with van der Waals surface area (Å²) in [6, 6.07) is 27.4. The zero-order chi connectivity index (χ0) is 25.2. The Hall–Kier alpha value is -5.11. The number of nitrogens with one attached hydrogen (secondary N) is 1. The second-order valence-electron chi connectivity index (χ2n) is 8.62. The Morgan fingerprint density at radius 3 is 2.76 bits per heavy atom. The highest BCUT2D eigenvalue weighted by molar-refractivity contribution is 5.83. The summed E-state index contributed by atoms with van der Waals surface area (Å²) in [5.41, 5.74) is 4.70. The fourth-order valence-corrected chi connectivity index (χ4v) is 4.21. The topological polar surface area (TPSA) is 98.6 Å². The van der Waals surface area contributed by atoms with Gasteiger partial charge in [0.15, 0.2) is 0 Å². The van der Waals surface area contributed by atoms with Crippen LogP contribution in [0.2, 0.25) is 0 Å². The van der Waals surface area contributed by atoms with Crippen molar-refractivity contribution in [1.82, 2.24) is 30.2 Å². The van der Waals surface area contributed by atoms with E-state index in [4.69, 9.17) is 9.72 Å². The first-order valence-corrected chi connectivity index (χ1v) is 11.8. The van der Waals surface area contributed by atoms with Crippen molar-refractivity contribution in [2.24, 2.45) is 0 Å². The maximum Gasteiger partial charge on any atom is 0.259 e. The maximum atomic E-state index is 12.6. The van der Waals surface area contributed by atoms with Crippen LogP contribution < -0.4 is 10.3 Å². The minimum Gasteiger partial charge on any atom is -0.497 e. The van der Waals surface area contributed by atoms with Crippen LogP contribution in [0.25, 0.3) is 45.3 Å². The smallest absolute Gasteiger partial charge is 0.259 e. The van der Waals surface area contributed by atoms with Crippen LogP contribution in [0.15, 0.2) is 89.7 Å². The average molecular weight is 487 g/mol. The zero-order valence-electron chi connectivity index (χ0n) is 20.0. The molecule has 0 saturated carbocycles. The SMILES string of the molecule is COc1ccc2[nH]c(=O)c(-c3nnn(Cc4cccc(/C=C/c5ccc6ccccc6n5)c4)n3)cc2c1. The quantitative estimate of drug-likeness (QED) is 0.357. The van der Waals surface area contributed by atoms with Gasteiger partial charge in [0.1, 0.15) is 5.75 Å². The first-order valence-electron chi connectivity index (χ1n) is 11.8. The lowest BCUT2D eigenvalue weighted by Crippen LogP contribution is -2.10. The number of hydrogen-bond acceptors (Lipinski definition) is 6. The van der Waals surface area contributed by atoms with Gasteiger partial charge in [-0.25, -0.2) is 4.98 Å². The molecular formula is C29H22N6O2. The highest BCUT2D eigenvalue weighted by Crippen LogP contribution is 2.21. The van der Waals surface area contributed by atoms with Gasteiger partial charge in [-0.15, -0.1) is 10.2 Å². The number of benzene rings is 3. The lowest BCUT2D eigenvalue weighted by Gasteiger charge is -2.04. The Morgan fingerprint density at radius 1 is 0.919 bits per heavy atom. The summed E-state index contributed by atoms with van der Waals surface area (Å²) in [4.78, 5) is 21.7. The van der Waals surface area contributed by atoms with Gasteiger partial charge < -0.3 is 9.72 Å². The van der Waals surface area contributed by atoms with Crippen LogP contribution in [0.1, 0.15) is 16.8 Å². The zero-order valence-corrected chi connectivity index (χ0v) is 20.0. The number of ether oxygens (including phenoxy) is 1. The molecule has 6 aromatic rings. The summed E-state index contributed by atoms with van der Waals surface area (Å²) in [6.07, 6.45) is 4.03. The van der Waals surface area contributed by atoms with E-state index in [-0.39, 0.29) is 11.4 Å². The predicted octanol–water partition coefficient (Wildman–Crippen LogP) is 4.96. The molecule has 0 aliphatic carbocycles. The molecule has 3 aromatic carbocycles. The van der Waals surface area contributed by atoms with E-state index in [0.717, 1.165) is 33.1 Å². The Kier molecular flexibility index (Phi) is 5.74. The Balaban J connectivity index is 1.22. The molecule has 6 rings (SSSR count). The third-order valence-corrected chi connectivity index (χ3v) is 6.09. The molecule has 37 heavy (non-hydrogen) atoms. The van der Waals surface area contributed by atoms with E-state index < -0.39 is 0 Å². The van der Waals surface area contributed by atoms with Gasteiger partial charge in [-0.3, -0.25) is 4.79 Å². The molecule has 180 valence electrons. The first-order chi connectivity index (χ1) is 18.1. The number of para-hydroxylation sites is 1. The van der Waals surface area contributed by atoms with Crippen molar-refractivity contribution in [3.63, 3.8) is 0 Å². The Labute approximate surface area is 211 Å². The number of rotatable bonds is 6. The molecule has 0 spiro atoms. The Bertz CT molecular complexity index is 1840. The highest BCUT2D eigenvalue weighted by Gasteiger charge is 2.12. The fourth-order valence-electron chi connectivity index (χ4n) is 4.21. The van der Waals surface area contributed by atoms with Gasteiger partial charge in [0.2, 0.25) is 5.82 Å². The molecule has 8 nitrogen and oxygen atoms in total. The average Bonchev–Trinajstić information content (AvgIpc) is 3.39. The number of H-pyrrole nitrogens is 1. The first kappa shape index (κ1) is 22.4. The van der Waals surface area contributed by atoms with E-state index in [1.54, 1.807) is 25.3 Å². The number of hydrogen-bond donors (Lipinski definition) is 1. The van der Waals surface area contributed by atoms with Crippen molar-refractivity contribution in [2.75, 3.05) is 7.11 Å². The standard InChI is InChI=1S/C29H22N6O2/c1-37-24-13-14-27-22(16-24)17-25(29(36)31-27)28-32-34-35(33-28)18-20-6-4-5-19(15-20)9-11-23-12-10-21-7-2-3-8-26(21)30-23/h2-17H,18H2,1H3,(H,31,36)/b11-9+. The van der Waals surface area contributed by atoms with Crippen LogP contribution in [-0.2, 0) is 6.54 Å². The number of pyridine rings is 2. The fraction of sp³-hybridized carbons (Fsp3) is 0.0690. The molecule has 0 saturated heterocycles. The summed E-state index contributed by atoms with van der Waals surface area (Å²) in [5.74, 6) is 0.969. The molecule has 0 unspecified atom stereocenters. The van der Waals surface area contributed by atoms with Crippen LogP contribution in [0.3, 0.4) is 0 Å². The van der Waals surface area contributed by atoms with Gasteiger partial charge in [0.25, 0.3) is 5.56 Å². The summed E-state index contributed by atoms with van der Waals surface area (Å²) in [5, 5.41) is 14.7. The number of aromatic nitrogens is 6. The van der Waals surface area contributed by atoms with Crippen LogP contribution in [-0.4, -0.2) is 37.3 Å². The molecule has 0 aliphatic heterocycles. The lowest BCUT2D eigenvalue weighted by molar-refractivity contribution is 0.415. The van der Waals surface area contributed by atoms with E-state index in [2.05, 4.69) is 38.6 Å². The van der Waals surface area contributed by atoms with Gasteiger partial charge in [-0.05, 0) is 64.9 Å². The predicted molar refractivity (Wildman–Crippen MR) is 144 cm³/mol. The molecule has 0 radical (unpaired) electrons. The molecule has 8 heteroatoms. The van der Waals surface area contributed by atoms with Crippen molar-refractivity contribution >= 4 is 34.0 Å². The van der Waals surface area contributed by atoms with Crippen molar-refractivity contribution in [3.05, 3.63) is 112 Å². The van der Waals surface area contributed by atoms with E-state index in [1.807, 2.05) is 60.7 Å². The van der Waals surface area contributed by atoms with Gasteiger partial charge in [-0.2, -0.15) is 4.80 Å². The summed E-state index contributed by atoms with van der Waals surface area (Å²) in [7, 11) is 1.60. The Morgan fingerprint density at radius 2 is 1.84 bits per heavy atom. The highest BCUT2D eigenvalue weighted by atomic mass is 16.5. The summed E-state index contributed by atoms with van der Waals surface area (Å²) >= 11 is 0. The van der Waals surface area contributed by atoms with E-state index >= 15 is 0 Å². The van der Waals surface area contributed by atoms with Crippen molar-refractivity contribution in [3.8, 4) is 17.1 Å². The van der Waals surface area contributed by atoms with Crippen molar-refractivity contribution < 1.29 is 4.74 Å². The van der Waals surface area contributed by atoms with Gasteiger partial charge in [0, 0.05) is 16.3 Å². The van der Waals surface area contributed by atoms with Crippen molar-refractivity contribution in [2.45, 2.75) is 6.54 Å².